The van der Waals surface area contributed by atoms with Gasteiger partial charge in [-0.3, -0.25) is 0 Å². The van der Waals surface area contributed by atoms with E-state index in [0.717, 1.165) is 10.6 Å². The van der Waals surface area contributed by atoms with Crippen molar-refractivity contribution >= 4 is 38.6 Å². The number of nitrogens with zero attached hydrogens (tertiary/aromatic N) is 2. The van der Waals surface area contributed by atoms with Gasteiger partial charge in [-0.2, -0.15) is 13.2 Å². The first-order valence-corrected chi connectivity index (χ1v) is 6.61. The lowest BCUT2D eigenvalue weighted by atomic mass is 10.3. The SMILES string of the molecule is Fc1cc2c(cc1Br)nc(CCCl)n2CC(F)(F)F. The molecule has 104 valence electrons. The summed E-state index contributed by atoms with van der Waals surface area (Å²) in [6.45, 7) is -1.21. The Bertz CT molecular complexity index is 609. The standard InChI is InChI=1S/C11H8BrClF4N2/c12-6-3-8-9(4-7(6)14)19(5-11(15,16)17)10(18-8)1-2-13/h3-4H,1-2,5H2. The second kappa shape index (κ2) is 5.28. The van der Waals surface area contributed by atoms with Crippen molar-refractivity contribution in [1.29, 1.82) is 0 Å². The van der Waals surface area contributed by atoms with Crippen LogP contribution in [-0.4, -0.2) is 21.6 Å². The molecule has 0 aliphatic rings. The maximum absolute atomic E-state index is 13.5. The molecule has 0 aliphatic carbocycles. The predicted octanol–water partition coefficient (Wildman–Crippen LogP) is 4.28. The molecule has 1 heterocycles. The second-order valence-corrected chi connectivity index (χ2v) is 5.16. The summed E-state index contributed by atoms with van der Waals surface area (Å²) in [5, 5.41) is 0. The molecule has 2 aromatic rings. The fourth-order valence-electron chi connectivity index (χ4n) is 1.80. The van der Waals surface area contributed by atoms with Gasteiger partial charge in [-0.05, 0) is 22.0 Å². The molecule has 2 rings (SSSR count). The van der Waals surface area contributed by atoms with Crippen LogP contribution in [0.4, 0.5) is 17.6 Å². The van der Waals surface area contributed by atoms with Crippen molar-refractivity contribution in [2.24, 2.45) is 0 Å². The molecule has 0 spiro atoms. The highest BCUT2D eigenvalue weighted by Gasteiger charge is 2.30. The number of benzene rings is 1. The fraction of sp³-hybridized carbons (Fsp3) is 0.364. The number of imidazole rings is 1. The van der Waals surface area contributed by atoms with E-state index in [1.807, 2.05) is 0 Å². The van der Waals surface area contributed by atoms with Crippen LogP contribution in [0.25, 0.3) is 11.0 Å². The lowest BCUT2D eigenvalue weighted by molar-refractivity contribution is -0.140. The van der Waals surface area contributed by atoms with Crippen LogP contribution < -0.4 is 0 Å². The van der Waals surface area contributed by atoms with Crippen LogP contribution in [0.2, 0.25) is 0 Å². The lowest BCUT2D eigenvalue weighted by Gasteiger charge is -2.11. The van der Waals surface area contributed by atoms with Crippen molar-refractivity contribution in [1.82, 2.24) is 9.55 Å². The largest absolute Gasteiger partial charge is 0.406 e. The third kappa shape index (κ3) is 3.20. The third-order valence-electron chi connectivity index (χ3n) is 2.52. The summed E-state index contributed by atoms with van der Waals surface area (Å²) in [6, 6.07) is 2.39. The monoisotopic (exact) mass is 358 g/mol. The van der Waals surface area contributed by atoms with Crippen molar-refractivity contribution < 1.29 is 17.6 Å². The molecule has 8 heteroatoms. The number of hydrogen-bond acceptors (Lipinski definition) is 1. The van der Waals surface area contributed by atoms with Gasteiger partial charge >= 0.3 is 6.18 Å². The number of halogens is 6. The molecule has 0 amide bonds. The van der Waals surface area contributed by atoms with Gasteiger partial charge in [0.15, 0.2) is 0 Å². The first-order valence-electron chi connectivity index (χ1n) is 5.28. The van der Waals surface area contributed by atoms with E-state index in [9.17, 15) is 17.6 Å². The minimum absolute atomic E-state index is 0.109. The van der Waals surface area contributed by atoms with Gasteiger partial charge < -0.3 is 4.57 Å². The van der Waals surface area contributed by atoms with E-state index in [1.54, 1.807) is 0 Å². The summed E-state index contributed by atoms with van der Waals surface area (Å²) in [4.78, 5) is 4.07. The highest BCUT2D eigenvalue weighted by molar-refractivity contribution is 9.10. The van der Waals surface area contributed by atoms with E-state index in [-0.39, 0.29) is 28.1 Å². The number of aromatic nitrogens is 2. The van der Waals surface area contributed by atoms with E-state index < -0.39 is 18.5 Å². The molecule has 19 heavy (non-hydrogen) atoms. The summed E-state index contributed by atoms with van der Waals surface area (Å²) < 4.78 is 52.3. The Morgan fingerprint density at radius 3 is 2.58 bits per heavy atom. The van der Waals surface area contributed by atoms with Crippen molar-refractivity contribution in [3.63, 3.8) is 0 Å². The Morgan fingerprint density at radius 2 is 2.00 bits per heavy atom. The van der Waals surface area contributed by atoms with Gasteiger partial charge in [0, 0.05) is 18.4 Å². The maximum Gasteiger partial charge on any atom is 0.406 e. The highest BCUT2D eigenvalue weighted by Crippen LogP contribution is 2.27. The minimum atomic E-state index is -4.40. The van der Waals surface area contributed by atoms with Crippen LogP contribution in [0.1, 0.15) is 5.82 Å². The van der Waals surface area contributed by atoms with E-state index in [2.05, 4.69) is 20.9 Å². The molecular formula is C11H8BrClF4N2. The molecule has 1 aromatic carbocycles. The van der Waals surface area contributed by atoms with Crippen molar-refractivity contribution in [2.45, 2.75) is 19.1 Å². The first-order chi connectivity index (χ1) is 8.81. The van der Waals surface area contributed by atoms with E-state index in [1.165, 1.54) is 6.07 Å². The number of rotatable bonds is 3. The van der Waals surface area contributed by atoms with Gasteiger partial charge in [-0.25, -0.2) is 9.37 Å². The number of aryl methyl sites for hydroxylation is 1. The van der Waals surface area contributed by atoms with Crippen LogP contribution in [0.5, 0.6) is 0 Å². The van der Waals surface area contributed by atoms with Crippen LogP contribution in [0.3, 0.4) is 0 Å². The zero-order valence-electron chi connectivity index (χ0n) is 9.44. The molecule has 0 unspecified atom stereocenters. The Kier molecular flexibility index (Phi) is 4.06. The molecule has 0 bridgehead atoms. The Morgan fingerprint density at radius 1 is 1.32 bits per heavy atom. The van der Waals surface area contributed by atoms with Gasteiger partial charge in [-0.1, -0.05) is 0 Å². The fourth-order valence-corrected chi connectivity index (χ4v) is 2.30. The number of fused-ring (bicyclic) bond motifs is 1. The molecule has 0 atom stereocenters. The number of alkyl halides is 4. The maximum atomic E-state index is 13.5. The van der Waals surface area contributed by atoms with E-state index >= 15 is 0 Å². The van der Waals surface area contributed by atoms with Gasteiger partial charge in [0.05, 0.1) is 15.5 Å². The molecule has 0 saturated heterocycles. The van der Waals surface area contributed by atoms with Crippen molar-refractivity contribution in [3.05, 3.63) is 28.2 Å². The molecular weight excluding hydrogens is 351 g/mol. The van der Waals surface area contributed by atoms with Gasteiger partial charge in [0.1, 0.15) is 18.2 Å². The van der Waals surface area contributed by atoms with Crippen LogP contribution in [0.15, 0.2) is 16.6 Å². The molecule has 0 saturated carbocycles. The second-order valence-electron chi connectivity index (χ2n) is 3.92. The average Bonchev–Trinajstić information content (AvgIpc) is 2.57. The zero-order valence-corrected chi connectivity index (χ0v) is 11.8. The lowest BCUT2D eigenvalue weighted by Crippen LogP contribution is -2.19. The van der Waals surface area contributed by atoms with E-state index in [4.69, 9.17) is 11.6 Å². The normalized spacial score (nSPS) is 12.3. The van der Waals surface area contributed by atoms with Crippen LogP contribution in [-0.2, 0) is 13.0 Å². The Labute approximate surface area is 119 Å². The molecule has 0 fully saturated rings. The molecule has 0 radical (unpaired) electrons. The summed E-state index contributed by atoms with van der Waals surface area (Å²) in [5.74, 6) is -0.293. The third-order valence-corrected chi connectivity index (χ3v) is 3.32. The van der Waals surface area contributed by atoms with Crippen molar-refractivity contribution in [2.75, 3.05) is 5.88 Å². The van der Waals surface area contributed by atoms with Gasteiger partial charge in [-0.15, -0.1) is 11.6 Å². The summed E-state index contributed by atoms with van der Waals surface area (Å²) in [5.41, 5.74) is 0.413. The number of hydrogen-bond donors (Lipinski definition) is 0. The quantitative estimate of drug-likeness (QED) is 0.591. The minimum Gasteiger partial charge on any atom is -0.319 e. The predicted molar refractivity (Wildman–Crippen MR) is 67.9 cm³/mol. The molecule has 0 N–H and O–H groups in total. The van der Waals surface area contributed by atoms with Gasteiger partial charge in [0.25, 0.3) is 0 Å². The van der Waals surface area contributed by atoms with E-state index in [0.29, 0.717) is 5.52 Å². The first kappa shape index (κ1) is 14.6. The van der Waals surface area contributed by atoms with Crippen LogP contribution in [0, 0.1) is 5.82 Å². The smallest absolute Gasteiger partial charge is 0.319 e. The Balaban J connectivity index is 2.62. The van der Waals surface area contributed by atoms with Crippen LogP contribution >= 0.6 is 27.5 Å². The summed E-state index contributed by atoms with van der Waals surface area (Å²) in [6.07, 6.45) is -4.22. The van der Waals surface area contributed by atoms with Gasteiger partial charge in [0.2, 0.25) is 0 Å². The van der Waals surface area contributed by atoms with Crippen molar-refractivity contribution in [3.8, 4) is 0 Å². The summed E-state index contributed by atoms with van der Waals surface area (Å²) in [7, 11) is 0. The molecule has 2 nitrogen and oxygen atoms in total. The molecule has 1 aromatic heterocycles. The Hall–Kier alpha value is -0.820. The highest BCUT2D eigenvalue weighted by atomic mass is 79.9. The zero-order chi connectivity index (χ0) is 14.2. The average molecular weight is 360 g/mol. The topological polar surface area (TPSA) is 17.8 Å². The summed E-state index contributed by atoms with van der Waals surface area (Å²) >= 11 is 8.53. The molecule has 0 aliphatic heterocycles.